The van der Waals surface area contributed by atoms with Gasteiger partial charge in [0, 0.05) is 0 Å². The molecule has 0 amide bonds. The number of hydrogen-bond acceptors (Lipinski definition) is 7. The molecule has 0 radical (unpaired) electrons. The Morgan fingerprint density at radius 3 is 2.94 bits per heavy atom. The van der Waals surface area contributed by atoms with Gasteiger partial charge in [0.1, 0.15) is 17.6 Å². The van der Waals surface area contributed by atoms with Gasteiger partial charge in [0.05, 0.1) is 10.2 Å². The molecular weight excluding hydrogens is 294 g/mol. The minimum absolute atomic E-state index is 0.515. The van der Waals surface area contributed by atoms with Crippen molar-refractivity contribution < 1.29 is 4.42 Å². The summed E-state index contributed by atoms with van der Waals surface area (Å²) in [6, 6.07) is 0. The zero-order chi connectivity index (χ0) is 11.5. The van der Waals surface area contributed by atoms with E-state index in [-0.39, 0.29) is 0 Å². The van der Waals surface area contributed by atoms with E-state index in [9.17, 15) is 0 Å². The van der Waals surface area contributed by atoms with Crippen LogP contribution in [-0.4, -0.2) is 15.0 Å². The van der Waals surface area contributed by atoms with E-state index >= 15 is 0 Å². The molecule has 0 saturated carbocycles. The molecule has 0 atom stereocenters. The fraction of sp³-hybridized carbons (Fsp3) is 0.125. The summed E-state index contributed by atoms with van der Waals surface area (Å²) in [5.74, 6) is 5.81. The molecular formula is C8H8BrN5OS. The molecule has 0 aliphatic heterocycles. The van der Waals surface area contributed by atoms with Gasteiger partial charge in [-0.15, -0.1) is 0 Å². The number of aryl methyl sites for hydroxylation is 1. The molecule has 0 bridgehead atoms. The average Bonchev–Trinajstić information content (AvgIpc) is 2.67. The molecule has 3 N–H and O–H groups in total. The van der Waals surface area contributed by atoms with Crippen molar-refractivity contribution in [3.63, 3.8) is 0 Å². The Hall–Kier alpha value is -1.12. The number of aromatic nitrogens is 3. The average molecular weight is 302 g/mol. The monoisotopic (exact) mass is 301 g/mol. The van der Waals surface area contributed by atoms with Crippen LogP contribution in [0, 0.1) is 6.92 Å². The summed E-state index contributed by atoms with van der Waals surface area (Å²) < 4.78 is 5.89. The first-order chi connectivity index (χ1) is 7.70. The van der Waals surface area contributed by atoms with E-state index in [4.69, 9.17) is 10.3 Å². The highest BCUT2D eigenvalue weighted by Crippen LogP contribution is 2.33. The normalized spacial score (nSPS) is 10.4. The van der Waals surface area contributed by atoms with Crippen molar-refractivity contribution in [1.29, 1.82) is 0 Å². The van der Waals surface area contributed by atoms with Gasteiger partial charge in [0.15, 0.2) is 5.82 Å². The summed E-state index contributed by atoms with van der Waals surface area (Å²) >= 11 is 4.64. The summed E-state index contributed by atoms with van der Waals surface area (Å²) in [5.41, 5.74) is 3.29. The summed E-state index contributed by atoms with van der Waals surface area (Å²) in [7, 11) is 0. The standard InChI is InChI=1S/C8H8BrN5OS/c1-4-2-15-8(13-4)16-7-5(9)6(14-10)11-3-12-7/h2-3H,10H2,1H3,(H,11,12,14). The van der Waals surface area contributed by atoms with E-state index in [2.05, 4.69) is 36.3 Å². The lowest BCUT2D eigenvalue weighted by molar-refractivity contribution is 0.453. The number of oxazole rings is 1. The predicted molar refractivity (Wildman–Crippen MR) is 62.9 cm³/mol. The van der Waals surface area contributed by atoms with E-state index in [1.54, 1.807) is 6.26 Å². The SMILES string of the molecule is Cc1coc(Sc2ncnc(NN)c2Br)n1. The van der Waals surface area contributed by atoms with E-state index in [1.807, 2.05) is 6.92 Å². The quantitative estimate of drug-likeness (QED) is 0.509. The Kier molecular flexibility index (Phi) is 3.42. The number of hydrogen-bond donors (Lipinski definition) is 2. The molecule has 2 aromatic rings. The largest absolute Gasteiger partial charge is 0.439 e. The molecule has 0 aliphatic rings. The fourth-order valence-corrected chi connectivity index (χ4v) is 2.29. The first-order valence-corrected chi connectivity index (χ1v) is 5.88. The summed E-state index contributed by atoms with van der Waals surface area (Å²) in [4.78, 5) is 12.2. The number of nitrogens with two attached hydrogens (primary N) is 1. The van der Waals surface area contributed by atoms with Crippen molar-refractivity contribution >= 4 is 33.5 Å². The van der Waals surface area contributed by atoms with E-state index < -0.39 is 0 Å². The second-order valence-corrected chi connectivity index (χ2v) is 4.58. The highest BCUT2D eigenvalue weighted by molar-refractivity contribution is 9.10. The van der Waals surface area contributed by atoms with Gasteiger partial charge in [-0.25, -0.2) is 20.8 Å². The van der Waals surface area contributed by atoms with E-state index in [0.717, 1.165) is 5.69 Å². The molecule has 84 valence electrons. The van der Waals surface area contributed by atoms with Crippen LogP contribution in [0.25, 0.3) is 0 Å². The first kappa shape index (κ1) is 11.4. The Morgan fingerprint density at radius 1 is 1.50 bits per heavy atom. The molecule has 8 heteroatoms. The fourth-order valence-electron chi connectivity index (χ4n) is 0.987. The maximum absolute atomic E-state index is 5.30. The van der Waals surface area contributed by atoms with E-state index in [1.165, 1.54) is 18.1 Å². The lowest BCUT2D eigenvalue weighted by Gasteiger charge is -2.04. The minimum Gasteiger partial charge on any atom is -0.439 e. The molecule has 0 fully saturated rings. The third-order valence-corrected chi connectivity index (χ3v) is 3.55. The number of hydrazine groups is 1. The molecule has 2 aromatic heterocycles. The molecule has 0 aliphatic carbocycles. The van der Waals surface area contributed by atoms with Crippen LogP contribution in [-0.2, 0) is 0 Å². The van der Waals surface area contributed by atoms with Crippen LogP contribution in [0.5, 0.6) is 0 Å². The number of anilines is 1. The van der Waals surface area contributed by atoms with Crippen molar-refractivity contribution in [1.82, 2.24) is 15.0 Å². The Labute approximate surface area is 104 Å². The van der Waals surface area contributed by atoms with Gasteiger partial charge in [-0.3, -0.25) is 0 Å². The maximum Gasteiger partial charge on any atom is 0.262 e. The van der Waals surface area contributed by atoms with Crippen LogP contribution in [0.4, 0.5) is 5.82 Å². The molecule has 6 nitrogen and oxygen atoms in total. The van der Waals surface area contributed by atoms with E-state index in [0.29, 0.717) is 20.5 Å². The molecule has 16 heavy (non-hydrogen) atoms. The molecule has 0 saturated heterocycles. The Balaban J connectivity index is 2.28. The molecule has 0 spiro atoms. The third-order valence-electron chi connectivity index (χ3n) is 1.68. The highest BCUT2D eigenvalue weighted by atomic mass is 79.9. The number of rotatable bonds is 3. The van der Waals surface area contributed by atoms with Gasteiger partial charge in [-0.1, -0.05) is 0 Å². The van der Waals surface area contributed by atoms with Crippen LogP contribution in [0.1, 0.15) is 5.69 Å². The van der Waals surface area contributed by atoms with Crippen LogP contribution >= 0.6 is 27.7 Å². The smallest absolute Gasteiger partial charge is 0.262 e. The number of nitrogens with one attached hydrogen (secondary N) is 1. The van der Waals surface area contributed by atoms with Gasteiger partial charge in [-0.05, 0) is 34.6 Å². The van der Waals surface area contributed by atoms with Crippen LogP contribution in [0.3, 0.4) is 0 Å². The Bertz CT molecular complexity index is 503. The van der Waals surface area contributed by atoms with Crippen molar-refractivity contribution in [3.8, 4) is 0 Å². The third kappa shape index (κ3) is 2.34. The second-order valence-electron chi connectivity index (χ2n) is 2.84. The number of nitrogens with zero attached hydrogens (tertiary/aromatic N) is 3. The van der Waals surface area contributed by atoms with Crippen LogP contribution in [0.2, 0.25) is 0 Å². The topological polar surface area (TPSA) is 89.9 Å². The lowest BCUT2D eigenvalue weighted by Crippen LogP contribution is -2.09. The van der Waals surface area contributed by atoms with Crippen molar-refractivity contribution in [2.45, 2.75) is 17.2 Å². The molecule has 0 aromatic carbocycles. The van der Waals surface area contributed by atoms with Crippen molar-refractivity contribution in [3.05, 3.63) is 22.8 Å². The summed E-state index contributed by atoms with van der Waals surface area (Å²) in [5, 5.41) is 1.21. The predicted octanol–water partition coefficient (Wildman–Crippen LogP) is 1.97. The zero-order valence-electron chi connectivity index (χ0n) is 8.27. The Morgan fingerprint density at radius 2 is 2.31 bits per heavy atom. The molecule has 0 unspecified atom stereocenters. The van der Waals surface area contributed by atoms with Gasteiger partial charge in [-0.2, -0.15) is 0 Å². The van der Waals surface area contributed by atoms with Crippen molar-refractivity contribution in [2.24, 2.45) is 5.84 Å². The van der Waals surface area contributed by atoms with Gasteiger partial charge >= 0.3 is 0 Å². The van der Waals surface area contributed by atoms with Gasteiger partial charge < -0.3 is 9.84 Å². The second kappa shape index (κ2) is 4.81. The molecule has 2 heterocycles. The molecule has 2 rings (SSSR count). The van der Waals surface area contributed by atoms with Gasteiger partial charge in [0.2, 0.25) is 0 Å². The lowest BCUT2D eigenvalue weighted by atomic mass is 10.6. The number of nitrogen functional groups attached to an aromatic ring is 1. The summed E-state index contributed by atoms with van der Waals surface area (Å²) in [6.07, 6.45) is 3.00. The zero-order valence-corrected chi connectivity index (χ0v) is 10.7. The number of halogens is 1. The first-order valence-electron chi connectivity index (χ1n) is 4.28. The van der Waals surface area contributed by atoms with Crippen LogP contribution < -0.4 is 11.3 Å². The van der Waals surface area contributed by atoms with Crippen LogP contribution in [0.15, 0.2) is 31.7 Å². The highest BCUT2D eigenvalue weighted by Gasteiger charge is 2.12. The van der Waals surface area contributed by atoms with Gasteiger partial charge in [0.25, 0.3) is 5.22 Å². The minimum atomic E-state index is 0.515. The maximum atomic E-state index is 5.30. The summed E-state index contributed by atoms with van der Waals surface area (Å²) in [6.45, 7) is 1.86. The van der Waals surface area contributed by atoms with Crippen molar-refractivity contribution in [2.75, 3.05) is 5.43 Å².